The van der Waals surface area contributed by atoms with Crippen molar-refractivity contribution in [3.8, 4) is 28.5 Å². The van der Waals surface area contributed by atoms with E-state index in [0.29, 0.717) is 22.8 Å². The van der Waals surface area contributed by atoms with Crippen molar-refractivity contribution in [3.05, 3.63) is 30.6 Å². The standard InChI is InChI=1S/C21H27N3O5S/c1-21(2,3)30(25,26)18-12-24-15(11-23-19(24)10-16(18)27-5)13-8-14(22-4)20(29-7)17(9-13)28-6/h8-12,22H,1-7H3. The number of anilines is 1. The molecule has 8 nitrogen and oxygen atoms in total. The van der Waals surface area contributed by atoms with E-state index in [1.165, 1.54) is 7.11 Å². The summed E-state index contributed by atoms with van der Waals surface area (Å²) in [5.41, 5.74) is 2.79. The third-order valence-electron chi connectivity index (χ3n) is 4.93. The van der Waals surface area contributed by atoms with Gasteiger partial charge < -0.3 is 19.5 Å². The molecule has 1 N–H and O–H groups in total. The van der Waals surface area contributed by atoms with Crippen molar-refractivity contribution in [2.45, 2.75) is 30.4 Å². The molecule has 0 unspecified atom stereocenters. The Balaban J connectivity index is 2.31. The Kier molecular flexibility index (Phi) is 5.60. The number of pyridine rings is 1. The predicted molar refractivity (Wildman–Crippen MR) is 117 cm³/mol. The molecule has 0 spiro atoms. The fraction of sp³-hybridized carbons (Fsp3) is 0.381. The SMILES string of the molecule is CNc1cc(-c2cnc3cc(OC)c(S(=O)(=O)C(C)(C)C)cn23)cc(OC)c1OC. The lowest BCUT2D eigenvalue weighted by Crippen LogP contribution is -2.28. The van der Waals surface area contributed by atoms with Gasteiger partial charge in [-0.25, -0.2) is 13.4 Å². The van der Waals surface area contributed by atoms with Crippen LogP contribution in [-0.4, -0.2) is 50.9 Å². The van der Waals surface area contributed by atoms with E-state index in [9.17, 15) is 8.42 Å². The number of hydrogen-bond donors (Lipinski definition) is 1. The van der Waals surface area contributed by atoms with Crippen LogP contribution in [0.2, 0.25) is 0 Å². The van der Waals surface area contributed by atoms with E-state index in [2.05, 4.69) is 10.3 Å². The fourth-order valence-corrected chi connectivity index (χ4v) is 4.50. The largest absolute Gasteiger partial charge is 0.495 e. The highest BCUT2D eigenvalue weighted by molar-refractivity contribution is 7.92. The van der Waals surface area contributed by atoms with Gasteiger partial charge >= 0.3 is 0 Å². The second-order valence-corrected chi connectivity index (χ2v) is 10.4. The van der Waals surface area contributed by atoms with Gasteiger partial charge in [0, 0.05) is 24.9 Å². The quantitative estimate of drug-likeness (QED) is 0.634. The van der Waals surface area contributed by atoms with Crippen LogP contribution >= 0.6 is 0 Å². The summed E-state index contributed by atoms with van der Waals surface area (Å²) in [6, 6.07) is 5.35. The van der Waals surface area contributed by atoms with Crippen LogP contribution in [0.3, 0.4) is 0 Å². The van der Waals surface area contributed by atoms with Crippen LogP contribution in [-0.2, 0) is 9.84 Å². The van der Waals surface area contributed by atoms with Crippen molar-refractivity contribution in [1.29, 1.82) is 0 Å². The molecular formula is C21H27N3O5S. The Labute approximate surface area is 176 Å². The minimum atomic E-state index is -3.65. The lowest BCUT2D eigenvalue weighted by molar-refractivity contribution is 0.356. The number of rotatable bonds is 6. The number of sulfone groups is 1. The van der Waals surface area contributed by atoms with Crippen molar-refractivity contribution < 1.29 is 22.6 Å². The van der Waals surface area contributed by atoms with Crippen molar-refractivity contribution in [2.24, 2.45) is 0 Å². The molecule has 3 aromatic rings. The summed E-state index contributed by atoms with van der Waals surface area (Å²) >= 11 is 0. The lowest BCUT2D eigenvalue weighted by atomic mass is 10.1. The average Bonchev–Trinajstić information content (AvgIpc) is 3.13. The molecule has 30 heavy (non-hydrogen) atoms. The van der Waals surface area contributed by atoms with Crippen molar-refractivity contribution in [3.63, 3.8) is 0 Å². The molecule has 0 aliphatic rings. The summed E-state index contributed by atoms with van der Waals surface area (Å²) in [6.45, 7) is 4.98. The first-order chi connectivity index (χ1) is 14.1. The van der Waals surface area contributed by atoms with Gasteiger partial charge in [-0.2, -0.15) is 0 Å². The Morgan fingerprint density at radius 1 is 1.00 bits per heavy atom. The molecule has 0 atom stereocenters. The molecular weight excluding hydrogens is 406 g/mol. The fourth-order valence-electron chi connectivity index (χ4n) is 3.19. The van der Waals surface area contributed by atoms with Crippen molar-refractivity contribution in [1.82, 2.24) is 9.38 Å². The molecule has 0 radical (unpaired) electrons. The average molecular weight is 434 g/mol. The smallest absolute Gasteiger partial charge is 0.188 e. The molecule has 2 heterocycles. The number of aromatic nitrogens is 2. The number of ether oxygens (including phenoxy) is 3. The van der Waals surface area contributed by atoms with Gasteiger partial charge in [-0.1, -0.05) is 0 Å². The first-order valence-electron chi connectivity index (χ1n) is 9.33. The number of fused-ring (bicyclic) bond motifs is 1. The molecule has 0 aliphatic heterocycles. The summed E-state index contributed by atoms with van der Waals surface area (Å²) in [7, 11) is 2.72. The monoisotopic (exact) mass is 433 g/mol. The zero-order valence-electron chi connectivity index (χ0n) is 18.2. The summed E-state index contributed by atoms with van der Waals surface area (Å²) in [4.78, 5) is 4.55. The second-order valence-electron chi connectivity index (χ2n) is 7.70. The van der Waals surface area contributed by atoms with E-state index in [1.54, 1.807) is 64.9 Å². The third kappa shape index (κ3) is 3.43. The van der Waals surface area contributed by atoms with E-state index in [4.69, 9.17) is 14.2 Å². The van der Waals surface area contributed by atoms with Crippen LogP contribution in [0.4, 0.5) is 5.69 Å². The number of hydrogen-bond acceptors (Lipinski definition) is 7. The lowest BCUT2D eigenvalue weighted by Gasteiger charge is -2.21. The summed E-state index contributed by atoms with van der Waals surface area (Å²) in [5.74, 6) is 1.39. The van der Waals surface area contributed by atoms with Crippen LogP contribution in [0.1, 0.15) is 20.8 Å². The van der Waals surface area contributed by atoms with Crippen LogP contribution in [0, 0.1) is 0 Å². The molecule has 1 aromatic carbocycles. The van der Waals surface area contributed by atoms with Gasteiger partial charge in [0.1, 0.15) is 16.3 Å². The first-order valence-corrected chi connectivity index (χ1v) is 10.8. The highest BCUT2D eigenvalue weighted by atomic mass is 32.2. The van der Waals surface area contributed by atoms with Gasteiger partial charge in [0.25, 0.3) is 0 Å². The van der Waals surface area contributed by atoms with E-state index in [0.717, 1.165) is 11.3 Å². The van der Waals surface area contributed by atoms with Gasteiger partial charge in [-0.3, -0.25) is 4.40 Å². The molecule has 0 saturated heterocycles. The second kappa shape index (κ2) is 7.71. The maximum absolute atomic E-state index is 13.2. The number of benzene rings is 1. The van der Waals surface area contributed by atoms with Gasteiger partial charge in [0.15, 0.2) is 21.3 Å². The molecule has 9 heteroatoms. The highest BCUT2D eigenvalue weighted by Crippen LogP contribution is 2.40. The van der Waals surface area contributed by atoms with Gasteiger partial charge in [0.05, 0.1) is 43.7 Å². The van der Waals surface area contributed by atoms with E-state index < -0.39 is 14.6 Å². The van der Waals surface area contributed by atoms with Gasteiger partial charge in [-0.15, -0.1) is 0 Å². The zero-order chi connectivity index (χ0) is 22.3. The number of nitrogens with one attached hydrogen (secondary N) is 1. The summed E-state index contributed by atoms with van der Waals surface area (Å²) < 4.78 is 43.4. The Morgan fingerprint density at radius 2 is 1.67 bits per heavy atom. The van der Waals surface area contributed by atoms with Crippen LogP contribution in [0.15, 0.2) is 35.5 Å². The maximum Gasteiger partial charge on any atom is 0.188 e. The number of imidazole rings is 1. The van der Waals surface area contributed by atoms with Crippen molar-refractivity contribution in [2.75, 3.05) is 33.7 Å². The molecule has 162 valence electrons. The minimum Gasteiger partial charge on any atom is -0.495 e. The molecule has 0 aliphatic carbocycles. The maximum atomic E-state index is 13.2. The molecule has 3 rings (SSSR count). The Hall–Kier alpha value is -2.94. The Morgan fingerprint density at radius 3 is 2.20 bits per heavy atom. The normalized spacial score (nSPS) is 12.1. The van der Waals surface area contributed by atoms with E-state index in [-0.39, 0.29) is 10.6 Å². The van der Waals surface area contributed by atoms with Crippen molar-refractivity contribution >= 4 is 21.2 Å². The Bertz CT molecular complexity index is 1170. The van der Waals surface area contributed by atoms with Crippen LogP contribution < -0.4 is 19.5 Å². The molecule has 0 bridgehead atoms. The summed E-state index contributed by atoms with van der Waals surface area (Å²) in [6.07, 6.45) is 3.25. The topological polar surface area (TPSA) is 91.2 Å². The molecule has 0 saturated carbocycles. The number of nitrogens with zero attached hydrogens (tertiary/aromatic N) is 2. The van der Waals surface area contributed by atoms with E-state index in [1.807, 2.05) is 12.1 Å². The van der Waals surface area contributed by atoms with Crippen LogP contribution in [0.5, 0.6) is 17.2 Å². The zero-order valence-corrected chi connectivity index (χ0v) is 19.0. The highest BCUT2D eigenvalue weighted by Gasteiger charge is 2.34. The van der Waals surface area contributed by atoms with Gasteiger partial charge in [0.2, 0.25) is 0 Å². The third-order valence-corrected chi connectivity index (χ3v) is 7.43. The van der Waals surface area contributed by atoms with Crippen LogP contribution in [0.25, 0.3) is 16.9 Å². The first kappa shape index (κ1) is 21.8. The molecule has 0 fully saturated rings. The number of methoxy groups -OCH3 is 3. The van der Waals surface area contributed by atoms with Gasteiger partial charge in [-0.05, 0) is 32.9 Å². The van der Waals surface area contributed by atoms with E-state index >= 15 is 0 Å². The molecule has 2 aromatic heterocycles. The minimum absolute atomic E-state index is 0.110. The predicted octanol–water partition coefficient (Wildman–Crippen LogP) is 3.64. The summed E-state index contributed by atoms with van der Waals surface area (Å²) in [5, 5.41) is 3.09. The molecule has 0 amide bonds.